The number of carbonyl (C=O) groups is 1. The summed E-state index contributed by atoms with van der Waals surface area (Å²) in [6, 6.07) is 15.3. The van der Waals surface area contributed by atoms with Gasteiger partial charge < -0.3 is 28.8 Å². The quantitative estimate of drug-likeness (QED) is 0.555. The number of piperazine rings is 1. The van der Waals surface area contributed by atoms with Crippen molar-refractivity contribution < 1.29 is 23.4 Å². The highest BCUT2D eigenvalue weighted by molar-refractivity contribution is 5.67. The topological polar surface area (TPSA) is 99.0 Å². The zero-order valence-electron chi connectivity index (χ0n) is 18.8. The van der Waals surface area contributed by atoms with Gasteiger partial charge in [-0.05, 0) is 30.2 Å². The van der Waals surface area contributed by atoms with Crippen molar-refractivity contribution in [1.82, 2.24) is 20.4 Å². The van der Waals surface area contributed by atoms with Crippen LogP contribution in [0.15, 0.2) is 52.9 Å². The number of amides is 1. The van der Waals surface area contributed by atoms with Crippen LogP contribution in [0.1, 0.15) is 17.9 Å². The summed E-state index contributed by atoms with van der Waals surface area (Å²) in [4.78, 5) is 14.2. The molecule has 0 unspecified atom stereocenters. The fraction of sp³-hybridized carbons (Fsp3) is 0.375. The molecule has 1 N–H and O–H groups in total. The molecule has 1 aliphatic rings. The van der Waals surface area contributed by atoms with E-state index in [-0.39, 0.29) is 18.7 Å². The molecule has 0 bridgehead atoms. The highest BCUT2D eigenvalue weighted by atomic mass is 16.6. The standard InChI is InChI=1S/C24H28N4O5/c1-17-26-27-23(33-17)19-8-9-21(30-2)22(14-19)31-13-10-20-15-28(12-11-25-20)24(29)32-16-18-6-4-3-5-7-18/h3-9,14,20,25H,10-13,15-16H2,1-2H3/t20-/m1/s1. The lowest BCUT2D eigenvalue weighted by atomic mass is 10.1. The molecule has 1 atom stereocenters. The summed E-state index contributed by atoms with van der Waals surface area (Å²) in [5, 5.41) is 11.4. The van der Waals surface area contributed by atoms with E-state index in [1.54, 1.807) is 18.9 Å². The Bertz CT molecular complexity index is 1060. The van der Waals surface area contributed by atoms with Gasteiger partial charge in [0.1, 0.15) is 6.61 Å². The van der Waals surface area contributed by atoms with Gasteiger partial charge in [-0.1, -0.05) is 30.3 Å². The minimum absolute atomic E-state index is 0.107. The molecule has 1 amide bonds. The Hall–Kier alpha value is -3.59. The number of nitrogens with one attached hydrogen (secondary N) is 1. The van der Waals surface area contributed by atoms with Crippen molar-refractivity contribution in [3.63, 3.8) is 0 Å². The molecule has 3 aromatic rings. The van der Waals surface area contributed by atoms with E-state index in [0.29, 0.717) is 49.5 Å². The van der Waals surface area contributed by atoms with E-state index in [0.717, 1.165) is 17.5 Å². The molecule has 0 radical (unpaired) electrons. The van der Waals surface area contributed by atoms with Gasteiger partial charge in [0.2, 0.25) is 11.8 Å². The molecule has 9 heteroatoms. The normalized spacial score (nSPS) is 15.8. The number of nitrogens with zero attached hydrogens (tertiary/aromatic N) is 3. The third-order valence-electron chi connectivity index (χ3n) is 5.38. The monoisotopic (exact) mass is 452 g/mol. The van der Waals surface area contributed by atoms with Gasteiger partial charge in [0.05, 0.1) is 13.7 Å². The highest BCUT2D eigenvalue weighted by Crippen LogP contribution is 2.32. The van der Waals surface area contributed by atoms with Crippen LogP contribution in [0.5, 0.6) is 11.5 Å². The number of hydrogen-bond acceptors (Lipinski definition) is 8. The molecular weight excluding hydrogens is 424 g/mol. The minimum atomic E-state index is -0.296. The Balaban J connectivity index is 1.29. The molecule has 33 heavy (non-hydrogen) atoms. The van der Waals surface area contributed by atoms with Gasteiger partial charge in [0, 0.05) is 38.2 Å². The lowest BCUT2D eigenvalue weighted by Gasteiger charge is -2.33. The first-order chi connectivity index (χ1) is 16.1. The average Bonchev–Trinajstić information content (AvgIpc) is 3.29. The maximum absolute atomic E-state index is 12.5. The molecule has 0 spiro atoms. The Morgan fingerprint density at radius 1 is 1.18 bits per heavy atom. The zero-order valence-corrected chi connectivity index (χ0v) is 18.8. The highest BCUT2D eigenvalue weighted by Gasteiger charge is 2.24. The van der Waals surface area contributed by atoms with E-state index in [4.69, 9.17) is 18.6 Å². The number of ether oxygens (including phenoxy) is 3. The second-order valence-corrected chi connectivity index (χ2v) is 7.77. The first kappa shape index (κ1) is 22.6. The van der Waals surface area contributed by atoms with E-state index in [2.05, 4.69) is 15.5 Å². The van der Waals surface area contributed by atoms with Gasteiger partial charge >= 0.3 is 6.09 Å². The number of aryl methyl sites for hydroxylation is 1. The SMILES string of the molecule is COc1ccc(-c2nnc(C)o2)cc1OCC[C@@H]1CN(C(=O)OCc2ccccc2)CCN1. The fourth-order valence-electron chi connectivity index (χ4n) is 3.64. The smallest absolute Gasteiger partial charge is 0.410 e. The van der Waals surface area contributed by atoms with Crippen molar-refractivity contribution >= 4 is 6.09 Å². The lowest BCUT2D eigenvalue weighted by molar-refractivity contribution is 0.0827. The summed E-state index contributed by atoms with van der Waals surface area (Å²) < 4.78 is 22.4. The van der Waals surface area contributed by atoms with Crippen molar-refractivity contribution in [2.24, 2.45) is 0 Å². The predicted octanol–water partition coefficient (Wildman–Crippen LogP) is 3.43. The Morgan fingerprint density at radius 2 is 2.03 bits per heavy atom. The molecular formula is C24H28N4O5. The maximum Gasteiger partial charge on any atom is 0.410 e. The van der Waals surface area contributed by atoms with Gasteiger partial charge in [-0.3, -0.25) is 0 Å². The molecule has 4 rings (SSSR count). The van der Waals surface area contributed by atoms with E-state index < -0.39 is 0 Å². The molecule has 1 saturated heterocycles. The second-order valence-electron chi connectivity index (χ2n) is 7.77. The maximum atomic E-state index is 12.5. The van der Waals surface area contributed by atoms with Crippen molar-refractivity contribution in [3.05, 3.63) is 60.0 Å². The van der Waals surface area contributed by atoms with E-state index in [9.17, 15) is 4.79 Å². The summed E-state index contributed by atoms with van der Waals surface area (Å²) in [7, 11) is 1.60. The number of rotatable bonds is 8. The minimum Gasteiger partial charge on any atom is -0.493 e. The van der Waals surface area contributed by atoms with Crippen LogP contribution < -0.4 is 14.8 Å². The summed E-state index contributed by atoms with van der Waals surface area (Å²) >= 11 is 0. The van der Waals surface area contributed by atoms with Gasteiger partial charge in [0.25, 0.3) is 0 Å². The molecule has 0 aliphatic carbocycles. The van der Waals surface area contributed by atoms with Crippen LogP contribution in [0.4, 0.5) is 4.79 Å². The van der Waals surface area contributed by atoms with E-state index in [1.165, 1.54) is 0 Å². The molecule has 0 saturated carbocycles. The molecule has 2 heterocycles. The summed E-state index contributed by atoms with van der Waals surface area (Å²) in [5.74, 6) is 2.15. The van der Waals surface area contributed by atoms with Crippen LogP contribution in [-0.4, -0.2) is 60.6 Å². The van der Waals surface area contributed by atoms with Crippen LogP contribution >= 0.6 is 0 Å². The Kier molecular flexibility index (Phi) is 7.41. The van der Waals surface area contributed by atoms with Crippen LogP contribution in [0, 0.1) is 6.92 Å². The fourth-order valence-corrected chi connectivity index (χ4v) is 3.64. The van der Waals surface area contributed by atoms with E-state index in [1.807, 2.05) is 48.5 Å². The van der Waals surface area contributed by atoms with Crippen molar-refractivity contribution in [3.8, 4) is 23.0 Å². The lowest BCUT2D eigenvalue weighted by Crippen LogP contribution is -2.53. The molecule has 1 fully saturated rings. The second kappa shape index (κ2) is 10.8. The van der Waals surface area contributed by atoms with Gasteiger partial charge in [0.15, 0.2) is 11.5 Å². The largest absolute Gasteiger partial charge is 0.493 e. The summed E-state index contributed by atoms with van der Waals surface area (Å²) in [6.45, 7) is 4.36. The van der Waals surface area contributed by atoms with Gasteiger partial charge in [-0.15, -0.1) is 10.2 Å². The number of benzene rings is 2. The van der Waals surface area contributed by atoms with Gasteiger partial charge in [-0.2, -0.15) is 0 Å². The molecule has 9 nitrogen and oxygen atoms in total. The zero-order chi connectivity index (χ0) is 23.0. The van der Waals surface area contributed by atoms with Crippen molar-refractivity contribution in [1.29, 1.82) is 0 Å². The number of aromatic nitrogens is 2. The molecule has 2 aromatic carbocycles. The van der Waals surface area contributed by atoms with Crippen molar-refractivity contribution in [2.75, 3.05) is 33.4 Å². The number of hydrogen-bond donors (Lipinski definition) is 1. The third-order valence-corrected chi connectivity index (χ3v) is 5.38. The first-order valence-corrected chi connectivity index (χ1v) is 10.9. The van der Waals surface area contributed by atoms with Crippen LogP contribution in [0.3, 0.4) is 0 Å². The average molecular weight is 453 g/mol. The van der Waals surface area contributed by atoms with Crippen LogP contribution in [-0.2, 0) is 11.3 Å². The molecule has 1 aliphatic heterocycles. The predicted molar refractivity (Wildman–Crippen MR) is 121 cm³/mol. The molecule has 1 aromatic heterocycles. The van der Waals surface area contributed by atoms with Gasteiger partial charge in [-0.25, -0.2) is 4.79 Å². The Labute approximate surface area is 192 Å². The van der Waals surface area contributed by atoms with Crippen molar-refractivity contribution in [2.45, 2.75) is 26.0 Å². The summed E-state index contributed by atoms with van der Waals surface area (Å²) in [6.07, 6.45) is 0.422. The first-order valence-electron chi connectivity index (χ1n) is 10.9. The summed E-state index contributed by atoms with van der Waals surface area (Å²) in [5.41, 5.74) is 1.73. The number of carbonyl (C=O) groups excluding carboxylic acids is 1. The molecule has 174 valence electrons. The van der Waals surface area contributed by atoms with E-state index >= 15 is 0 Å². The Morgan fingerprint density at radius 3 is 2.79 bits per heavy atom. The number of methoxy groups -OCH3 is 1. The third kappa shape index (κ3) is 6.01. The van der Waals surface area contributed by atoms with Crippen LogP contribution in [0.2, 0.25) is 0 Å². The van der Waals surface area contributed by atoms with Crippen LogP contribution in [0.25, 0.3) is 11.5 Å².